The third-order valence-electron chi connectivity index (χ3n) is 10.8. The van der Waals surface area contributed by atoms with Gasteiger partial charge in [0.2, 0.25) is 0 Å². The molecular weight excluding hydrogens is 634 g/mol. The van der Waals surface area contributed by atoms with Gasteiger partial charge in [0.05, 0.1) is 37.3 Å². The molecule has 3 aliphatic rings. The van der Waals surface area contributed by atoms with E-state index in [-0.39, 0.29) is 48.6 Å². The number of hydrogen-bond donors (Lipinski definition) is 8. The first-order valence-electron chi connectivity index (χ1n) is 18.5. The van der Waals surface area contributed by atoms with Crippen molar-refractivity contribution in [2.45, 2.75) is 108 Å². The second kappa shape index (κ2) is 18.7. The summed E-state index contributed by atoms with van der Waals surface area (Å²) in [5.74, 6) is 7.42. The van der Waals surface area contributed by atoms with Crippen molar-refractivity contribution in [2.75, 3.05) is 19.8 Å². The highest BCUT2D eigenvalue weighted by Crippen LogP contribution is 2.41. The van der Waals surface area contributed by atoms with Gasteiger partial charge in [-0.2, -0.15) is 0 Å². The number of nitrogens with two attached hydrogens (primary N) is 1. The predicted molar refractivity (Wildman–Crippen MR) is 193 cm³/mol. The summed E-state index contributed by atoms with van der Waals surface area (Å²) >= 11 is 0. The fourth-order valence-corrected chi connectivity index (χ4v) is 7.90. The number of aromatic amines is 1. The van der Waals surface area contributed by atoms with E-state index in [9.17, 15) is 25.5 Å². The van der Waals surface area contributed by atoms with Gasteiger partial charge in [0.1, 0.15) is 12.2 Å². The summed E-state index contributed by atoms with van der Waals surface area (Å²) in [6.45, 7) is 2.92. The lowest BCUT2D eigenvalue weighted by atomic mass is 9.70. The Labute approximate surface area is 296 Å². The molecule has 0 spiro atoms. The van der Waals surface area contributed by atoms with Gasteiger partial charge in [-0.1, -0.05) is 37.8 Å². The molecule has 0 bridgehead atoms. The Morgan fingerprint density at radius 3 is 2.68 bits per heavy atom. The number of aromatic hydroxyl groups is 1. The number of phenolic OH excluding ortho intramolecular Hbond substituents is 1. The Balaban J connectivity index is 1.34. The maximum absolute atomic E-state index is 11.5. The maximum Gasteiger partial charge on any atom is 0.161 e. The number of allylic oxidation sites excluding steroid dienone is 2. The first-order chi connectivity index (χ1) is 24.3. The predicted octanol–water partition coefficient (Wildman–Crippen LogP) is 4.07. The molecule has 1 aromatic heterocycles. The van der Waals surface area contributed by atoms with Crippen LogP contribution in [0.1, 0.15) is 76.0 Å². The van der Waals surface area contributed by atoms with Crippen LogP contribution >= 0.6 is 0 Å². The number of ether oxygens (including phenoxy) is 2. The highest BCUT2D eigenvalue weighted by Gasteiger charge is 2.44. The van der Waals surface area contributed by atoms with Crippen molar-refractivity contribution in [3.05, 3.63) is 71.3 Å². The second-order valence-corrected chi connectivity index (χ2v) is 14.2. The van der Waals surface area contributed by atoms with Crippen LogP contribution in [0.25, 0.3) is 0 Å². The van der Waals surface area contributed by atoms with Crippen LogP contribution in [-0.2, 0) is 17.6 Å². The molecular formula is C40H57N3O7. The number of nitrogens with one attached hydrogen (secondary N) is 2. The summed E-state index contributed by atoms with van der Waals surface area (Å²) < 4.78 is 12.6. The Morgan fingerprint density at radius 2 is 1.92 bits per heavy atom. The average molecular weight is 692 g/mol. The molecule has 274 valence electrons. The van der Waals surface area contributed by atoms with Crippen molar-refractivity contribution in [2.24, 2.45) is 29.4 Å². The van der Waals surface area contributed by atoms with Crippen molar-refractivity contribution in [3.63, 3.8) is 0 Å². The first-order valence-corrected chi connectivity index (χ1v) is 18.5. The lowest BCUT2D eigenvalue weighted by molar-refractivity contribution is -0.108. The maximum atomic E-state index is 11.5. The minimum Gasteiger partial charge on any atom is -0.504 e. The van der Waals surface area contributed by atoms with Gasteiger partial charge in [-0.05, 0) is 98.8 Å². The topological polar surface area (TPSA) is 173 Å². The molecule has 9 N–H and O–H groups in total. The van der Waals surface area contributed by atoms with Gasteiger partial charge < -0.3 is 51.0 Å². The van der Waals surface area contributed by atoms with Gasteiger partial charge >= 0.3 is 0 Å². The molecule has 1 saturated carbocycles. The quantitative estimate of drug-likeness (QED) is 0.136. The first kappa shape index (κ1) is 37.8. The number of aliphatic hydroxyl groups excluding tert-OH is 4. The molecule has 0 amide bonds. The summed E-state index contributed by atoms with van der Waals surface area (Å²) in [7, 11) is 0. The number of aryl methyl sites for hydroxylation is 1. The van der Waals surface area contributed by atoms with E-state index in [0.29, 0.717) is 56.8 Å². The monoisotopic (exact) mass is 691 g/mol. The number of H-pyrrole nitrogens is 1. The molecule has 5 rings (SSSR count). The van der Waals surface area contributed by atoms with Crippen molar-refractivity contribution in [1.29, 1.82) is 0 Å². The molecule has 1 fully saturated rings. The molecule has 10 heteroatoms. The van der Waals surface area contributed by atoms with Crippen molar-refractivity contribution < 1.29 is 35.0 Å². The Morgan fingerprint density at radius 1 is 1.08 bits per heavy atom. The molecule has 9 atom stereocenters. The van der Waals surface area contributed by atoms with Crippen molar-refractivity contribution >= 4 is 0 Å². The van der Waals surface area contributed by atoms with E-state index >= 15 is 0 Å². The molecule has 1 aliphatic heterocycles. The van der Waals surface area contributed by atoms with E-state index in [1.54, 1.807) is 12.1 Å². The van der Waals surface area contributed by atoms with Crippen LogP contribution in [0.5, 0.6) is 11.5 Å². The number of phenols is 1. The average Bonchev–Trinajstić information content (AvgIpc) is 3.64. The number of rotatable bonds is 14. The van der Waals surface area contributed by atoms with Crippen LogP contribution in [0.15, 0.2) is 60.1 Å². The zero-order chi connectivity index (χ0) is 35.5. The van der Waals surface area contributed by atoms with Crippen molar-refractivity contribution in [1.82, 2.24) is 10.3 Å². The van der Waals surface area contributed by atoms with Gasteiger partial charge in [0, 0.05) is 42.6 Å². The van der Waals surface area contributed by atoms with Crippen LogP contribution < -0.4 is 15.8 Å². The summed E-state index contributed by atoms with van der Waals surface area (Å²) in [6, 6.07) is 9.16. The number of benzene rings is 1. The zero-order valence-corrected chi connectivity index (χ0v) is 29.3. The third-order valence-corrected chi connectivity index (χ3v) is 10.8. The number of aliphatic hydroxyl groups is 4. The molecule has 50 heavy (non-hydrogen) atoms. The molecule has 2 aliphatic carbocycles. The minimum absolute atomic E-state index is 0.0583. The van der Waals surface area contributed by atoms with E-state index in [4.69, 9.17) is 15.2 Å². The number of dihydropyridines is 1. The Bertz CT molecular complexity index is 1460. The van der Waals surface area contributed by atoms with Gasteiger partial charge in [0.15, 0.2) is 11.5 Å². The molecule has 0 saturated heterocycles. The van der Waals surface area contributed by atoms with Crippen LogP contribution in [-0.4, -0.2) is 80.8 Å². The van der Waals surface area contributed by atoms with E-state index < -0.39 is 24.4 Å². The number of aromatic nitrogens is 1. The van der Waals surface area contributed by atoms with Crippen molar-refractivity contribution in [3.8, 4) is 23.3 Å². The van der Waals surface area contributed by atoms with Gasteiger partial charge in [-0.25, -0.2) is 0 Å². The SMILES string of the molecule is CC[C@H]1C#CC[C@H]([C@H](O)CCc2ccc(O)c(O[C@@H]3[C@@H](O)[C@@H](O)CC[C@@H]3[C@H](Cc3ccc[nH]3)C3=CCNC(N)=C3)c2)[C@@H](OCCO)CCCC1. The smallest absolute Gasteiger partial charge is 0.161 e. The third kappa shape index (κ3) is 10.1. The van der Waals surface area contributed by atoms with Gasteiger partial charge in [0.25, 0.3) is 0 Å². The zero-order valence-electron chi connectivity index (χ0n) is 29.3. The van der Waals surface area contributed by atoms with Crippen LogP contribution in [0.4, 0.5) is 0 Å². The normalized spacial score (nSPS) is 28.6. The van der Waals surface area contributed by atoms with Gasteiger partial charge in [-0.3, -0.25) is 0 Å². The van der Waals surface area contributed by atoms with Crippen LogP contribution in [0.3, 0.4) is 0 Å². The molecule has 2 heterocycles. The van der Waals surface area contributed by atoms with E-state index in [0.717, 1.165) is 48.9 Å². The van der Waals surface area contributed by atoms with Crippen LogP contribution in [0.2, 0.25) is 0 Å². The lowest BCUT2D eigenvalue weighted by Crippen LogP contribution is -2.52. The largest absolute Gasteiger partial charge is 0.504 e. The minimum atomic E-state index is -1.16. The summed E-state index contributed by atoms with van der Waals surface area (Å²) in [5.41, 5.74) is 9.13. The molecule has 0 unspecified atom stereocenters. The Hall–Kier alpha value is -3.46. The molecule has 0 radical (unpaired) electrons. The van der Waals surface area contributed by atoms with Gasteiger partial charge in [-0.15, -0.1) is 5.92 Å². The fourth-order valence-electron chi connectivity index (χ4n) is 7.90. The van der Waals surface area contributed by atoms with Crippen LogP contribution in [0, 0.1) is 35.5 Å². The standard InChI is InChI=1S/C40H57N3O7/c1-2-26-7-3-4-11-36(49-22-21-44)31(10-5-8-26)33(45)15-12-27-13-16-34(46)37(23-27)50-40-30(14-17-35(47)39(40)48)32(25-29-9-6-19-42-29)28-18-20-43-38(41)24-28/h6,9,13,16,18-19,23-24,26,30-33,35-36,39-40,42-48H,2-4,7,10-12,14-15,17,20-22,25,41H2,1H3/t26-,30-,31-,32-,33-,35+,36+,39+,40+/m1/s1. The molecule has 2 aromatic rings. The molecule has 1 aromatic carbocycles. The van der Waals surface area contributed by atoms with E-state index in [2.05, 4.69) is 35.1 Å². The highest BCUT2D eigenvalue weighted by molar-refractivity contribution is 5.42. The second-order valence-electron chi connectivity index (χ2n) is 14.2. The highest BCUT2D eigenvalue weighted by atomic mass is 16.5. The van der Waals surface area contributed by atoms with E-state index in [1.165, 1.54) is 0 Å². The molecule has 10 nitrogen and oxygen atoms in total. The summed E-state index contributed by atoms with van der Waals surface area (Å²) in [6.07, 6.45) is 10.3. The van der Waals surface area contributed by atoms with E-state index in [1.807, 2.05) is 30.5 Å². The Kier molecular flexibility index (Phi) is 14.1. The lowest BCUT2D eigenvalue weighted by Gasteiger charge is -2.42. The fraction of sp³-hybridized carbons (Fsp3) is 0.600. The number of hydrogen-bond acceptors (Lipinski definition) is 9. The summed E-state index contributed by atoms with van der Waals surface area (Å²) in [4.78, 5) is 3.30. The summed E-state index contributed by atoms with van der Waals surface area (Å²) in [5, 5.41) is 57.2.